The predicted molar refractivity (Wildman–Crippen MR) is 103 cm³/mol. The highest BCUT2D eigenvalue weighted by Gasteiger charge is 2.64. The van der Waals surface area contributed by atoms with E-state index in [-0.39, 0.29) is 10.8 Å². The second-order valence-electron chi connectivity index (χ2n) is 7.34. The Morgan fingerprint density at radius 1 is 0.727 bits per heavy atom. The number of ether oxygens (including phenoxy) is 2. The van der Waals surface area contributed by atoms with Gasteiger partial charge in [-0.25, -0.2) is 0 Å². The molecule has 6 atom stereocenters. The molecule has 2 unspecified atom stereocenters. The molecular weight excluding hydrogens is 544 g/mol. The number of rotatable bonds is 0. The number of alkyl halides is 4. The van der Waals surface area contributed by atoms with Crippen molar-refractivity contribution in [3.63, 3.8) is 0 Å². The molecular formula is C16H20Br4O2. The average molecular weight is 564 g/mol. The van der Waals surface area contributed by atoms with Crippen molar-refractivity contribution in [2.24, 2.45) is 10.8 Å². The highest BCUT2D eigenvalue weighted by atomic mass is 79.9. The van der Waals surface area contributed by atoms with Gasteiger partial charge in [-0.2, -0.15) is 0 Å². The van der Waals surface area contributed by atoms with Crippen LogP contribution in [0.2, 0.25) is 0 Å². The molecule has 0 aromatic heterocycles. The Balaban J connectivity index is 1.78. The largest absolute Gasteiger partial charge is 0.344 e. The van der Waals surface area contributed by atoms with E-state index in [1.165, 1.54) is 25.7 Å². The van der Waals surface area contributed by atoms with Gasteiger partial charge in [0.15, 0.2) is 5.79 Å². The molecule has 4 aliphatic rings. The molecule has 2 nitrogen and oxygen atoms in total. The van der Waals surface area contributed by atoms with Crippen LogP contribution < -0.4 is 0 Å². The van der Waals surface area contributed by atoms with E-state index < -0.39 is 5.79 Å². The van der Waals surface area contributed by atoms with E-state index in [1.54, 1.807) is 0 Å². The molecule has 0 aromatic carbocycles. The first kappa shape index (κ1) is 17.0. The molecule has 4 rings (SSSR count). The van der Waals surface area contributed by atoms with E-state index in [2.05, 4.69) is 75.9 Å². The Morgan fingerprint density at radius 3 is 1.77 bits per heavy atom. The zero-order valence-electron chi connectivity index (χ0n) is 12.2. The molecule has 6 heteroatoms. The van der Waals surface area contributed by atoms with Gasteiger partial charge in [-0.1, -0.05) is 69.8 Å². The van der Waals surface area contributed by atoms with Gasteiger partial charge in [0.2, 0.25) is 0 Å². The van der Waals surface area contributed by atoms with E-state index in [0.29, 0.717) is 32.5 Å². The Hall–Kier alpha value is 1.58. The summed E-state index contributed by atoms with van der Waals surface area (Å²) in [4.78, 5) is 2.07. The van der Waals surface area contributed by atoms with Gasteiger partial charge in [-0.15, -0.1) is 0 Å². The maximum atomic E-state index is 6.03. The van der Waals surface area contributed by atoms with Crippen molar-refractivity contribution >= 4 is 63.7 Å². The summed E-state index contributed by atoms with van der Waals surface area (Å²) in [6, 6.07) is 0. The maximum Gasteiger partial charge on any atom is 0.188 e. The van der Waals surface area contributed by atoms with Gasteiger partial charge in [0.05, 0.1) is 13.2 Å². The van der Waals surface area contributed by atoms with Crippen molar-refractivity contribution in [1.82, 2.24) is 0 Å². The van der Waals surface area contributed by atoms with Gasteiger partial charge in [-0.3, -0.25) is 0 Å². The van der Waals surface area contributed by atoms with Crippen molar-refractivity contribution in [2.75, 3.05) is 13.2 Å². The Labute approximate surface area is 165 Å². The van der Waals surface area contributed by atoms with Gasteiger partial charge < -0.3 is 9.47 Å². The fourth-order valence-electron chi connectivity index (χ4n) is 5.08. The normalized spacial score (nSPS) is 53.3. The van der Waals surface area contributed by atoms with Crippen LogP contribution in [0.5, 0.6) is 0 Å². The number of halogens is 4. The second kappa shape index (κ2) is 5.80. The Bertz CT molecular complexity index is 469. The molecule has 1 aliphatic heterocycles. The first-order chi connectivity index (χ1) is 10.4. The minimum absolute atomic E-state index is 0.239. The SMILES string of the molecule is Br[C@@H]1CC23C=CC4(CC2(C[C@H]1Br)C[C@H](Br)[C@H](Br)C3)OCCO4. The van der Waals surface area contributed by atoms with Crippen LogP contribution in [0.1, 0.15) is 32.1 Å². The maximum absolute atomic E-state index is 6.03. The molecule has 1 saturated heterocycles. The summed E-state index contributed by atoms with van der Waals surface area (Å²) in [6.45, 7) is 1.43. The molecule has 0 amide bonds. The van der Waals surface area contributed by atoms with E-state index in [4.69, 9.17) is 9.47 Å². The van der Waals surface area contributed by atoms with Crippen molar-refractivity contribution in [3.8, 4) is 0 Å². The van der Waals surface area contributed by atoms with Crippen LogP contribution in [0.15, 0.2) is 12.2 Å². The van der Waals surface area contributed by atoms with Crippen LogP contribution in [-0.4, -0.2) is 38.3 Å². The molecule has 0 N–H and O–H groups in total. The smallest absolute Gasteiger partial charge is 0.188 e. The summed E-state index contributed by atoms with van der Waals surface area (Å²) in [5.74, 6) is -0.471. The molecule has 1 spiro atoms. The number of allylic oxidation sites excluding steroid dienone is 1. The fourth-order valence-corrected chi connectivity index (χ4v) is 8.22. The lowest BCUT2D eigenvalue weighted by Gasteiger charge is -2.63. The summed E-state index contributed by atoms with van der Waals surface area (Å²) >= 11 is 15.7. The van der Waals surface area contributed by atoms with Gasteiger partial charge in [0, 0.05) is 25.7 Å². The minimum atomic E-state index is -0.471. The number of hydrogen-bond acceptors (Lipinski definition) is 2. The van der Waals surface area contributed by atoms with Crippen LogP contribution in [0, 0.1) is 10.8 Å². The van der Waals surface area contributed by atoms with Crippen LogP contribution >= 0.6 is 63.7 Å². The molecule has 0 aromatic rings. The van der Waals surface area contributed by atoms with Gasteiger partial charge in [0.1, 0.15) is 0 Å². The topological polar surface area (TPSA) is 18.5 Å². The fraction of sp³-hybridized carbons (Fsp3) is 0.875. The molecule has 22 heavy (non-hydrogen) atoms. The second-order valence-corrected chi connectivity index (χ2v) is 12.0. The summed E-state index contributed by atoms with van der Waals surface area (Å²) in [5, 5.41) is 0. The number of hydrogen-bond donors (Lipinski definition) is 0. The summed E-state index contributed by atoms with van der Waals surface area (Å²) < 4.78 is 12.1. The summed E-state index contributed by atoms with van der Waals surface area (Å²) in [5.41, 5.74) is 0.480. The van der Waals surface area contributed by atoms with Crippen molar-refractivity contribution in [1.29, 1.82) is 0 Å². The quantitative estimate of drug-likeness (QED) is 0.294. The molecule has 1 heterocycles. The third-order valence-corrected chi connectivity index (χ3v) is 11.4. The molecule has 3 fully saturated rings. The van der Waals surface area contributed by atoms with Crippen LogP contribution in [-0.2, 0) is 9.47 Å². The highest BCUT2D eigenvalue weighted by Crippen LogP contribution is 2.68. The van der Waals surface area contributed by atoms with Crippen LogP contribution in [0.4, 0.5) is 0 Å². The average Bonchev–Trinajstić information content (AvgIpc) is 2.89. The lowest BCUT2D eigenvalue weighted by molar-refractivity contribution is -0.181. The molecule has 124 valence electrons. The van der Waals surface area contributed by atoms with Crippen LogP contribution in [0.25, 0.3) is 0 Å². The zero-order chi connectivity index (χ0) is 15.6. The van der Waals surface area contributed by atoms with E-state index >= 15 is 0 Å². The predicted octanol–water partition coefficient (Wildman–Crippen LogP) is 5.30. The molecule has 3 aliphatic carbocycles. The Morgan fingerprint density at radius 2 is 1.23 bits per heavy atom. The molecule has 0 bridgehead atoms. The van der Waals surface area contributed by atoms with E-state index in [1.807, 2.05) is 0 Å². The van der Waals surface area contributed by atoms with E-state index in [9.17, 15) is 0 Å². The lowest BCUT2D eigenvalue weighted by atomic mass is 9.46. The molecule has 0 radical (unpaired) electrons. The summed E-state index contributed by atoms with van der Waals surface area (Å²) in [7, 11) is 0. The monoisotopic (exact) mass is 560 g/mol. The van der Waals surface area contributed by atoms with E-state index in [0.717, 1.165) is 6.42 Å². The van der Waals surface area contributed by atoms with Crippen LogP contribution in [0.3, 0.4) is 0 Å². The van der Waals surface area contributed by atoms with Gasteiger partial charge >= 0.3 is 0 Å². The minimum Gasteiger partial charge on any atom is -0.344 e. The summed E-state index contributed by atoms with van der Waals surface area (Å²) in [6.07, 6.45) is 10.4. The lowest BCUT2D eigenvalue weighted by Crippen LogP contribution is -2.60. The highest BCUT2D eigenvalue weighted by molar-refractivity contribution is 9.12. The third-order valence-electron chi connectivity index (χ3n) is 6.15. The first-order valence-electron chi connectivity index (χ1n) is 7.94. The van der Waals surface area contributed by atoms with Gasteiger partial charge in [0.25, 0.3) is 0 Å². The first-order valence-corrected chi connectivity index (χ1v) is 11.6. The van der Waals surface area contributed by atoms with Crippen molar-refractivity contribution in [3.05, 3.63) is 12.2 Å². The van der Waals surface area contributed by atoms with Gasteiger partial charge in [-0.05, 0) is 42.6 Å². The molecule has 2 saturated carbocycles. The van der Waals surface area contributed by atoms with Crippen molar-refractivity contribution < 1.29 is 9.47 Å². The zero-order valence-corrected chi connectivity index (χ0v) is 18.6. The standard InChI is InChI=1S/C16H20Br4O2/c17-10-5-14-1-2-16(21-3-4-22-16)9-15(14,7-12(10)19)8-13(20)11(18)6-14/h1-2,10-13H,3-9H2/t10-,11-,12-,13+,14?,15?/m1/s1. The van der Waals surface area contributed by atoms with Crippen molar-refractivity contribution in [2.45, 2.75) is 57.2 Å². The third kappa shape index (κ3) is 2.49. The Kier molecular flexibility index (Phi) is 4.49.